The van der Waals surface area contributed by atoms with E-state index in [-0.39, 0.29) is 17.1 Å². The van der Waals surface area contributed by atoms with Gasteiger partial charge < -0.3 is 14.0 Å². The maximum absolute atomic E-state index is 13.0. The molecule has 3 aromatic heterocycles. The monoisotopic (exact) mass is 472 g/mol. The van der Waals surface area contributed by atoms with Gasteiger partial charge in [-0.05, 0) is 24.3 Å². The zero-order valence-corrected chi connectivity index (χ0v) is 19.1. The number of pyridine rings is 1. The van der Waals surface area contributed by atoms with Crippen LogP contribution in [-0.4, -0.2) is 45.1 Å². The molecule has 7 nitrogen and oxygen atoms in total. The van der Waals surface area contributed by atoms with Crippen molar-refractivity contribution in [2.75, 3.05) is 14.2 Å². The van der Waals surface area contributed by atoms with Gasteiger partial charge in [-0.2, -0.15) is 13.2 Å². The quantitative estimate of drug-likeness (QED) is 0.346. The third kappa shape index (κ3) is 4.35. The molecule has 0 amide bonds. The Kier molecular flexibility index (Phi) is 6.07. The lowest BCUT2D eigenvalue weighted by Gasteiger charge is -2.18. The van der Waals surface area contributed by atoms with Gasteiger partial charge in [0, 0.05) is 37.0 Å². The number of aryl methyl sites for hydroxylation is 1. The summed E-state index contributed by atoms with van der Waals surface area (Å²) in [5.41, 5.74) is 3.70. The van der Waals surface area contributed by atoms with Crippen molar-refractivity contribution in [2.24, 2.45) is 13.0 Å². The fraction of sp³-hybridized carbons (Fsp3) is 0.292. The van der Waals surface area contributed by atoms with Crippen LogP contribution in [0.3, 0.4) is 0 Å². The minimum atomic E-state index is -4.47. The maximum Gasteiger partial charge on any atom is 0.391 e. The van der Waals surface area contributed by atoms with E-state index in [1.54, 1.807) is 24.7 Å². The Morgan fingerprint density at radius 2 is 1.76 bits per heavy atom. The number of rotatable bonds is 7. The number of fused-ring (bicyclic) bond motifs is 1. The first-order chi connectivity index (χ1) is 16.1. The van der Waals surface area contributed by atoms with E-state index >= 15 is 0 Å². The SMILES string of the molecule is COc1cc(-c2cnc3cc(-c4cn(C)cn4)ccn23)cc(OC)c1C(=O)C[C@@H](C)C(F)(F)F. The number of halogens is 3. The largest absolute Gasteiger partial charge is 0.496 e. The molecular formula is C24H23F3N4O3. The molecule has 0 saturated carbocycles. The van der Waals surface area contributed by atoms with Gasteiger partial charge in [0.25, 0.3) is 0 Å². The summed E-state index contributed by atoms with van der Waals surface area (Å²) >= 11 is 0. The van der Waals surface area contributed by atoms with E-state index in [0.717, 1.165) is 18.2 Å². The van der Waals surface area contributed by atoms with Crippen LogP contribution in [0, 0.1) is 5.92 Å². The van der Waals surface area contributed by atoms with Crippen LogP contribution in [-0.2, 0) is 7.05 Å². The van der Waals surface area contributed by atoms with Crippen LogP contribution in [0.5, 0.6) is 11.5 Å². The first kappa shape index (κ1) is 23.3. The van der Waals surface area contributed by atoms with Gasteiger partial charge in [-0.25, -0.2) is 9.97 Å². The average Bonchev–Trinajstić information content (AvgIpc) is 3.43. The zero-order chi connectivity index (χ0) is 24.6. The minimum Gasteiger partial charge on any atom is -0.496 e. The molecule has 0 radical (unpaired) electrons. The molecule has 34 heavy (non-hydrogen) atoms. The average molecular weight is 472 g/mol. The fourth-order valence-electron chi connectivity index (χ4n) is 3.75. The first-order valence-electron chi connectivity index (χ1n) is 10.4. The molecular weight excluding hydrogens is 449 g/mol. The molecule has 0 aliphatic heterocycles. The van der Waals surface area contributed by atoms with Gasteiger partial charge in [-0.3, -0.25) is 9.20 Å². The van der Waals surface area contributed by atoms with E-state index in [9.17, 15) is 18.0 Å². The van der Waals surface area contributed by atoms with Crippen molar-refractivity contribution in [1.82, 2.24) is 18.9 Å². The Balaban J connectivity index is 1.74. The molecule has 0 fully saturated rings. The van der Waals surface area contributed by atoms with Gasteiger partial charge in [-0.1, -0.05) is 6.92 Å². The molecule has 178 valence electrons. The second-order valence-corrected chi connectivity index (χ2v) is 8.04. The number of imidazole rings is 2. The van der Waals surface area contributed by atoms with Crippen molar-refractivity contribution in [3.8, 4) is 34.0 Å². The number of hydrogen-bond donors (Lipinski definition) is 0. The lowest BCUT2D eigenvalue weighted by molar-refractivity contribution is -0.168. The highest BCUT2D eigenvalue weighted by atomic mass is 19.4. The molecule has 0 N–H and O–H groups in total. The zero-order valence-electron chi connectivity index (χ0n) is 19.1. The van der Waals surface area contributed by atoms with Crippen molar-refractivity contribution >= 4 is 11.4 Å². The third-order valence-electron chi connectivity index (χ3n) is 5.64. The topological polar surface area (TPSA) is 70.7 Å². The van der Waals surface area contributed by atoms with E-state index < -0.39 is 24.3 Å². The Labute approximate surface area is 193 Å². The number of ketones is 1. The van der Waals surface area contributed by atoms with Crippen molar-refractivity contribution in [3.63, 3.8) is 0 Å². The highest BCUT2D eigenvalue weighted by Gasteiger charge is 2.38. The van der Waals surface area contributed by atoms with Gasteiger partial charge in [0.05, 0.1) is 44.0 Å². The number of nitrogens with zero attached hydrogens (tertiary/aromatic N) is 4. The molecule has 1 atom stereocenters. The number of hydrogen-bond acceptors (Lipinski definition) is 5. The summed E-state index contributed by atoms with van der Waals surface area (Å²) in [7, 11) is 4.61. The fourth-order valence-corrected chi connectivity index (χ4v) is 3.75. The number of carbonyl (C=O) groups is 1. The molecule has 0 spiro atoms. The predicted molar refractivity (Wildman–Crippen MR) is 120 cm³/mol. The lowest BCUT2D eigenvalue weighted by atomic mass is 9.96. The number of aromatic nitrogens is 4. The molecule has 0 saturated heterocycles. The second-order valence-electron chi connectivity index (χ2n) is 8.04. The number of ether oxygens (including phenoxy) is 2. The summed E-state index contributed by atoms with van der Waals surface area (Å²) in [5, 5.41) is 0. The molecule has 3 heterocycles. The second kappa shape index (κ2) is 8.85. The lowest BCUT2D eigenvalue weighted by Crippen LogP contribution is -2.23. The van der Waals surface area contributed by atoms with Crippen LogP contribution in [0.2, 0.25) is 0 Å². The number of carbonyl (C=O) groups excluding carboxylic acids is 1. The molecule has 0 aliphatic carbocycles. The van der Waals surface area contributed by atoms with E-state index in [0.29, 0.717) is 16.9 Å². The Morgan fingerprint density at radius 3 is 2.32 bits per heavy atom. The molecule has 4 aromatic rings. The molecule has 10 heteroatoms. The molecule has 0 bridgehead atoms. The smallest absolute Gasteiger partial charge is 0.391 e. The van der Waals surface area contributed by atoms with E-state index in [2.05, 4.69) is 9.97 Å². The van der Waals surface area contributed by atoms with Crippen molar-refractivity contribution in [2.45, 2.75) is 19.5 Å². The molecule has 0 unspecified atom stereocenters. The minimum absolute atomic E-state index is 0.0175. The number of methoxy groups -OCH3 is 2. The molecule has 0 aliphatic rings. The normalized spacial score (nSPS) is 12.7. The molecule has 1 aromatic carbocycles. The standard InChI is InChI=1S/C24H23F3N4O3/c1-14(24(25,26)27)7-19(32)23-20(33-3)8-16(9-21(23)34-4)18-11-28-22-10-15(5-6-31(18)22)17-12-30(2)13-29-17/h5-6,8-14H,7H2,1-4H3/t14-/m1/s1. The summed E-state index contributed by atoms with van der Waals surface area (Å²) in [6.07, 6.45) is 1.96. The van der Waals surface area contributed by atoms with Crippen LogP contribution in [0.15, 0.2) is 49.2 Å². The summed E-state index contributed by atoms with van der Waals surface area (Å²) in [6, 6.07) is 7.01. The van der Waals surface area contributed by atoms with Crippen LogP contribution < -0.4 is 9.47 Å². The van der Waals surface area contributed by atoms with Gasteiger partial charge in [0.2, 0.25) is 0 Å². The Bertz CT molecular complexity index is 1330. The van der Waals surface area contributed by atoms with Crippen molar-refractivity contribution < 1.29 is 27.4 Å². The number of alkyl halides is 3. The maximum atomic E-state index is 13.0. The summed E-state index contributed by atoms with van der Waals surface area (Å²) in [5.74, 6) is -2.23. The highest BCUT2D eigenvalue weighted by Crippen LogP contribution is 2.38. The summed E-state index contributed by atoms with van der Waals surface area (Å²) < 4.78 is 53.5. The summed E-state index contributed by atoms with van der Waals surface area (Å²) in [4.78, 5) is 21.6. The van der Waals surface area contributed by atoms with Crippen LogP contribution >= 0.6 is 0 Å². The van der Waals surface area contributed by atoms with Crippen molar-refractivity contribution in [3.05, 3.63) is 54.7 Å². The Morgan fingerprint density at radius 1 is 1.09 bits per heavy atom. The van der Waals surface area contributed by atoms with Gasteiger partial charge in [0.1, 0.15) is 22.7 Å². The van der Waals surface area contributed by atoms with Crippen LogP contribution in [0.4, 0.5) is 13.2 Å². The number of benzene rings is 1. The highest BCUT2D eigenvalue weighted by molar-refractivity contribution is 6.02. The molecule has 4 rings (SSSR count). The van der Waals surface area contributed by atoms with Gasteiger partial charge in [-0.15, -0.1) is 0 Å². The van der Waals surface area contributed by atoms with E-state index in [4.69, 9.17) is 9.47 Å². The van der Waals surface area contributed by atoms with Crippen molar-refractivity contribution in [1.29, 1.82) is 0 Å². The predicted octanol–water partition coefficient (Wildman–Crippen LogP) is 5.19. The third-order valence-corrected chi connectivity index (χ3v) is 5.64. The van der Waals surface area contributed by atoms with Gasteiger partial charge >= 0.3 is 6.18 Å². The van der Waals surface area contributed by atoms with Crippen LogP contribution in [0.25, 0.3) is 28.2 Å². The van der Waals surface area contributed by atoms with Crippen LogP contribution in [0.1, 0.15) is 23.7 Å². The Hall–Kier alpha value is -3.82. The summed E-state index contributed by atoms with van der Waals surface area (Å²) in [6.45, 7) is 0.975. The van der Waals surface area contributed by atoms with E-state index in [1.807, 2.05) is 40.5 Å². The van der Waals surface area contributed by atoms with Gasteiger partial charge in [0.15, 0.2) is 5.78 Å². The number of Topliss-reactive ketones (excluding diaryl/α,β-unsaturated/α-hetero) is 1. The van der Waals surface area contributed by atoms with E-state index in [1.165, 1.54) is 14.2 Å². The first-order valence-corrected chi connectivity index (χ1v) is 10.4.